The van der Waals surface area contributed by atoms with E-state index in [9.17, 15) is 4.79 Å². The molecule has 84 valence electrons. The zero-order valence-corrected chi connectivity index (χ0v) is 11.4. The maximum absolute atomic E-state index is 12.1. The molecule has 0 rings (SSSR count). The SMILES string of the molecule is CCC[Si](CCC)(CCC)C(=O)CC. The molecule has 0 unspecified atom stereocenters. The molecule has 0 spiro atoms. The van der Waals surface area contributed by atoms with Crippen LogP contribution in [0.5, 0.6) is 0 Å². The Hall–Kier alpha value is -0.113. The van der Waals surface area contributed by atoms with Crippen molar-refractivity contribution < 1.29 is 4.79 Å². The molecule has 0 saturated carbocycles. The minimum Gasteiger partial charge on any atom is -0.305 e. The highest BCUT2D eigenvalue weighted by Crippen LogP contribution is 2.28. The molecule has 0 aliphatic carbocycles. The van der Waals surface area contributed by atoms with E-state index >= 15 is 0 Å². The number of rotatable bonds is 8. The summed E-state index contributed by atoms with van der Waals surface area (Å²) in [5.74, 6) is 0. The highest BCUT2D eigenvalue weighted by molar-refractivity contribution is 7.06. The molecule has 0 saturated heterocycles. The molecule has 0 N–H and O–H groups in total. The molecule has 0 aliphatic rings. The Morgan fingerprint density at radius 3 is 1.43 bits per heavy atom. The largest absolute Gasteiger partial charge is 0.305 e. The van der Waals surface area contributed by atoms with Gasteiger partial charge in [0.2, 0.25) is 0 Å². The molecule has 0 bridgehead atoms. The molecule has 0 radical (unpaired) electrons. The predicted octanol–water partition coefficient (Wildman–Crippen LogP) is 4.18. The van der Waals surface area contributed by atoms with Gasteiger partial charge in [0, 0.05) is 0 Å². The van der Waals surface area contributed by atoms with Crippen LogP contribution >= 0.6 is 0 Å². The zero-order chi connectivity index (χ0) is 11.0. The summed E-state index contributed by atoms with van der Waals surface area (Å²) >= 11 is 0. The van der Waals surface area contributed by atoms with E-state index in [1.165, 1.54) is 37.4 Å². The third-order valence-electron chi connectivity index (χ3n) is 3.10. The number of hydrogen-bond donors (Lipinski definition) is 0. The summed E-state index contributed by atoms with van der Waals surface area (Å²) < 4.78 is 0. The lowest BCUT2D eigenvalue weighted by Gasteiger charge is -2.28. The Morgan fingerprint density at radius 1 is 0.857 bits per heavy atom. The summed E-state index contributed by atoms with van der Waals surface area (Å²) in [5, 5.41) is 0.628. The van der Waals surface area contributed by atoms with E-state index < -0.39 is 8.07 Å². The maximum atomic E-state index is 12.1. The number of hydrogen-bond acceptors (Lipinski definition) is 1. The van der Waals surface area contributed by atoms with Crippen molar-refractivity contribution in [2.24, 2.45) is 0 Å². The molecule has 0 amide bonds. The highest BCUT2D eigenvalue weighted by atomic mass is 28.3. The smallest absolute Gasteiger partial charge is 0.132 e. The standard InChI is InChI=1S/C12H26OSi/c1-5-9-14(10-6-2,11-7-3)12(13)8-4/h5-11H2,1-4H3. The molecule has 0 fully saturated rings. The van der Waals surface area contributed by atoms with Crippen LogP contribution in [0.25, 0.3) is 0 Å². The predicted molar refractivity (Wildman–Crippen MR) is 66.3 cm³/mol. The van der Waals surface area contributed by atoms with E-state index in [4.69, 9.17) is 0 Å². The van der Waals surface area contributed by atoms with Crippen molar-refractivity contribution in [2.75, 3.05) is 0 Å². The second kappa shape index (κ2) is 7.21. The lowest BCUT2D eigenvalue weighted by Crippen LogP contribution is -2.43. The average Bonchev–Trinajstić information content (AvgIpc) is 2.17. The summed E-state index contributed by atoms with van der Waals surface area (Å²) in [6.07, 6.45) is 4.35. The lowest BCUT2D eigenvalue weighted by molar-refractivity contribution is -0.112. The Morgan fingerprint density at radius 2 is 1.21 bits per heavy atom. The quantitative estimate of drug-likeness (QED) is 0.554. The summed E-state index contributed by atoms with van der Waals surface area (Å²) in [6.45, 7) is 8.69. The summed E-state index contributed by atoms with van der Waals surface area (Å²) in [4.78, 5) is 12.1. The summed E-state index contributed by atoms with van der Waals surface area (Å²) in [5.41, 5.74) is 0. The second-order valence-corrected chi connectivity index (χ2v) is 8.93. The van der Waals surface area contributed by atoms with Gasteiger partial charge in [-0.25, -0.2) is 0 Å². The first-order chi connectivity index (χ1) is 6.66. The van der Waals surface area contributed by atoms with Gasteiger partial charge in [0.15, 0.2) is 0 Å². The number of carbonyl (C=O) groups is 1. The van der Waals surface area contributed by atoms with Crippen molar-refractivity contribution in [1.82, 2.24) is 0 Å². The molecule has 0 aromatic heterocycles. The van der Waals surface area contributed by atoms with E-state index in [0.717, 1.165) is 6.42 Å². The molecule has 0 aliphatic heterocycles. The third-order valence-corrected chi connectivity index (χ3v) is 9.01. The number of carbonyl (C=O) groups excluding carboxylic acids is 1. The van der Waals surface area contributed by atoms with Gasteiger partial charge in [0.1, 0.15) is 13.5 Å². The first-order valence-electron chi connectivity index (χ1n) is 6.20. The first-order valence-corrected chi connectivity index (χ1v) is 8.82. The van der Waals surface area contributed by atoms with Crippen LogP contribution in [0, 0.1) is 0 Å². The van der Waals surface area contributed by atoms with E-state index in [0.29, 0.717) is 5.41 Å². The van der Waals surface area contributed by atoms with Crippen LogP contribution in [0.3, 0.4) is 0 Å². The van der Waals surface area contributed by atoms with Gasteiger partial charge < -0.3 is 4.79 Å². The molecule has 0 aromatic carbocycles. The summed E-state index contributed by atoms with van der Waals surface area (Å²) in [6, 6.07) is 3.67. The van der Waals surface area contributed by atoms with E-state index in [1.54, 1.807) is 0 Å². The molecule has 14 heavy (non-hydrogen) atoms. The molecule has 0 aromatic rings. The fourth-order valence-electron chi connectivity index (χ4n) is 2.60. The Bertz CT molecular complexity index is 149. The molecule has 2 heteroatoms. The van der Waals surface area contributed by atoms with Crippen LogP contribution in [-0.4, -0.2) is 13.5 Å². The van der Waals surface area contributed by atoms with Crippen LogP contribution in [0.4, 0.5) is 0 Å². The van der Waals surface area contributed by atoms with Gasteiger partial charge in [-0.3, -0.25) is 0 Å². The average molecular weight is 214 g/mol. The highest BCUT2D eigenvalue weighted by Gasteiger charge is 2.36. The fraction of sp³-hybridized carbons (Fsp3) is 0.917. The van der Waals surface area contributed by atoms with Gasteiger partial charge in [0.05, 0.1) is 0 Å². The Balaban J connectivity index is 4.62. The van der Waals surface area contributed by atoms with Crippen LogP contribution in [0.1, 0.15) is 53.4 Å². The third kappa shape index (κ3) is 3.56. The normalized spacial score (nSPS) is 11.7. The van der Waals surface area contributed by atoms with Crippen molar-refractivity contribution >= 4 is 13.5 Å². The maximum Gasteiger partial charge on any atom is 0.132 e. The van der Waals surface area contributed by atoms with Gasteiger partial charge in [0.25, 0.3) is 0 Å². The van der Waals surface area contributed by atoms with E-state index in [2.05, 4.69) is 20.8 Å². The van der Waals surface area contributed by atoms with Gasteiger partial charge in [-0.15, -0.1) is 0 Å². The van der Waals surface area contributed by atoms with Crippen molar-refractivity contribution in [3.05, 3.63) is 0 Å². The topological polar surface area (TPSA) is 17.1 Å². The van der Waals surface area contributed by atoms with Gasteiger partial charge in [-0.2, -0.15) is 0 Å². The fourth-order valence-corrected chi connectivity index (χ4v) is 7.81. The molecular weight excluding hydrogens is 188 g/mol. The molecule has 0 atom stereocenters. The van der Waals surface area contributed by atoms with E-state index in [-0.39, 0.29) is 0 Å². The van der Waals surface area contributed by atoms with Crippen LogP contribution in [0.15, 0.2) is 0 Å². The van der Waals surface area contributed by atoms with E-state index in [1.807, 2.05) is 6.92 Å². The molecular formula is C12H26OSi. The lowest BCUT2D eigenvalue weighted by atomic mass is 10.5. The monoisotopic (exact) mass is 214 g/mol. The van der Waals surface area contributed by atoms with Gasteiger partial charge in [-0.05, 0) is 6.42 Å². The van der Waals surface area contributed by atoms with Crippen molar-refractivity contribution in [3.63, 3.8) is 0 Å². The van der Waals surface area contributed by atoms with Crippen molar-refractivity contribution in [3.8, 4) is 0 Å². The zero-order valence-electron chi connectivity index (χ0n) is 10.4. The van der Waals surface area contributed by atoms with Gasteiger partial charge in [-0.1, -0.05) is 65.1 Å². The van der Waals surface area contributed by atoms with Gasteiger partial charge >= 0.3 is 0 Å². The molecule has 1 nitrogen and oxygen atoms in total. The van der Waals surface area contributed by atoms with Crippen LogP contribution in [0.2, 0.25) is 18.1 Å². The summed E-state index contributed by atoms with van der Waals surface area (Å²) in [7, 11) is -1.54. The minimum absolute atomic E-state index is 0.628. The van der Waals surface area contributed by atoms with Crippen LogP contribution in [-0.2, 0) is 4.79 Å². The first kappa shape index (κ1) is 13.9. The second-order valence-electron chi connectivity index (χ2n) is 4.31. The Labute approximate surface area is 90.3 Å². The van der Waals surface area contributed by atoms with Crippen molar-refractivity contribution in [1.29, 1.82) is 0 Å². The van der Waals surface area contributed by atoms with Crippen molar-refractivity contribution in [2.45, 2.75) is 71.5 Å². The molecule has 0 heterocycles. The minimum atomic E-state index is -1.54. The van der Waals surface area contributed by atoms with Crippen LogP contribution < -0.4 is 0 Å². The Kier molecular flexibility index (Phi) is 7.16.